The molecule has 0 unspecified atom stereocenters. The Labute approximate surface area is 164 Å². The molecule has 2 N–H and O–H groups in total. The molecule has 2 aromatic rings. The first-order chi connectivity index (χ1) is 13.6. The minimum atomic E-state index is -0.243. The van der Waals surface area contributed by atoms with Gasteiger partial charge in [-0.15, -0.1) is 0 Å². The molecule has 6 heteroatoms. The molecule has 0 saturated heterocycles. The minimum Gasteiger partial charge on any atom is -0.326 e. The van der Waals surface area contributed by atoms with Crippen LogP contribution in [0, 0.1) is 0 Å². The zero-order chi connectivity index (χ0) is 19.9. The lowest BCUT2D eigenvalue weighted by atomic mass is 10.1. The van der Waals surface area contributed by atoms with E-state index in [1.54, 1.807) is 18.2 Å². The fourth-order valence-corrected chi connectivity index (χ4v) is 3.17. The Hall–Kier alpha value is -3.15. The van der Waals surface area contributed by atoms with Crippen molar-refractivity contribution in [3.05, 3.63) is 54.1 Å². The number of para-hydroxylation sites is 2. The molecule has 0 radical (unpaired) electrons. The van der Waals surface area contributed by atoms with Gasteiger partial charge >= 0.3 is 0 Å². The average Bonchev–Trinajstić information content (AvgIpc) is 2.71. The van der Waals surface area contributed by atoms with E-state index in [4.69, 9.17) is 0 Å². The van der Waals surface area contributed by atoms with Crippen LogP contribution in [0.5, 0.6) is 0 Å². The van der Waals surface area contributed by atoms with Crippen molar-refractivity contribution in [3.8, 4) is 0 Å². The van der Waals surface area contributed by atoms with Gasteiger partial charge in [0.25, 0.3) is 0 Å². The summed E-state index contributed by atoms with van der Waals surface area (Å²) in [5.41, 5.74) is 3.24. The van der Waals surface area contributed by atoms with E-state index >= 15 is 0 Å². The molecule has 0 bridgehead atoms. The van der Waals surface area contributed by atoms with Crippen LogP contribution in [0.4, 0.5) is 17.1 Å². The van der Waals surface area contributed by atoms with Crippen molar-refractivity contribution in [2.45, 2.75) is 39.0 Å². The molecule has 0 atom stereocenters. The number of nitrogens with zero attached hydrogens (tertiary/aromatic N) is 1. The first-order valence-electron chi connectivity index (χ1n) is 9.65. The summed E-state index contributed by atoms with van der Waals surface area (Å²) >= 11 is 0. The van der Waals surface area contributed by atoms with Crippen LogP contribution in [0.3, 0.4) is 0 Å². The van der Waals surface area contributed by atoms with E-state index in [1.165, 1.54) is 10.5 Å². The molecule has 0 fully saturated rings. The maximum atomic E-state index is 12.6. The highest BCUT2D eigenvalue weighted by Gasteiger charge is 2.26. The summed E-state index contributed by atoms with van der Waals surface area (Å²) in [5, 5.41) is 5.57. The summed E-state index contributed by atoms with van der Waals surface area (Å²) in [7, 11) is 0. The number of hydrogen-bond acceptors (Lipinski definition) is 3. The van der Waals surface area contributed by atoms with Gasteiger partial charge in [-0.25, -0.2) is 0 Å². The number of benzene rings is 2. The maximum absolute atomic E-state index is 12.6. The summed E-state index contributed by atoms with van der Waals surface area (Å²) in [4.78, 5) is 38.0. The normalized spacial score (nSPS) is 12.9. The number of amides is 3. The highest BCUT2D eigenvalue weighted by molar-refractivity contribution is 6.10. The van der Waals surface area contributed by atoms with Crippen LogP contribution in [0.15, 0.2) is 48.5 Å². The van der Waals surface area contributed by atoms with Crippen LogP contribution in [0.25, 0.3) is 0 Å². The summed E-state index contributed by atoms with van der Waals surface area (Å²) in [6.07, 6.45) is 3.43. The number of rotatable bonds is 7. The predicted octanol–water partition coefficient (Wildman–Crippen LogP) is 3.73. The van der Waals surface area contributed by atoms with E-state index < -0.39 is 0 Å². The van der Waals surface area contributed by atoms with Crippen molar-refractivity contribution < 1.29 is 14.4 Å². The van der Waals surface area contributed by atoms with Crippen LogP contribution in [-0.2, 0) is 20.8 Å². The monoisotopic (exact) mass is 379 g/mol. The van der Waals surface area contributed by atoms with Gasteiger partial charge in [-0.3, -0.25) is 14.4 Å². The van der Waals surface area contributed by atoms with Crippen LogP contribution in [0.2, 0.25) is 0 Å². The summed E-state index contributed by atoms with van der Waals surface area (Å²) in [6, 6.07) is 14.9. The van der Waals surface area contributed by atoms with Gasteiger partial charge in [-0.2, -0.15) is 0 Å². The van der Waals surface area contributed by atoms with E-state index in [-0.39, 0.29) is 37.1 Å². The van der Waals surface area contributed by atoms with Crippen molar-refractivity contribution in [1.82, 2.24) is 0 Å². The van der Waals surface area contributed by atoms with Crippen LogP contribution in [-0.4, -0.2) is 24.3 Å². The molecule has 2 aromatic carbocycles. The van der Waals surface area contributed by atoms with Crippen LogP contribution >= 0.6 is 0 Å². The van der Waals surface area contributed by atoms with Gasteiger partial charge in [0.1, 0.15) is 6.54 Å². The first kappa shape index (κ1) is 19.6. The van der Waals surface area contributed by atoms with E-state index in [9.17, 15) is 14.4 Å². The lowest BCUT2D eigenvalue weighted by molar-refractivity contribution is -0.124. The Bertz CT molecular complexity index is 862. The van der Waals surface area contributed by atoms with Crippen LogP contribution < -0.4 is 15.5 Å². The lowest BCUT2D eigenvalue weighted by Gasteiger charge is -2.29. The first-order valence-corrected chi connectivity index (χ1v) is 9.65. The third-order valence-electron chi connectivity index (χ3n) is 4.69. The molecule has 1 aliphatic heterocycles. The second-order valence-electron chi connectivity index (χ2n) is 6.89. The minimum absolute atomic E-state index is 0.0311. The fourth-order valence-electron chi connectivity index (χ4n) is 3.17. The van der Waals surface area contributed by atoms with E-state index in [2.05, 4.69) is 17.6 Å². The predicted molar refractivity (Wildman–Crippen MR) is 110 cm³/mol. The second kappa shape index (κ2) is 9.17. The molecule has 146 valence electrons. The Balaban J connectivity index is 1.53. The zero-order valence-corrected chi connectivity index (χ0v) is 16.0. The number of aryl methyl sites for hydroxylation is 1. The van der Waals surface area contributed by atoms with Crippen molar-refractivity contribution in [2.75, 3.05) is 22.1 Å². The van der Waals surface area contributed by atoms with Gasteiger partial charge in [0.05, 0.1) is 11.4 Å². The Morgan fingerprint density at radius 1 is 1.07 bits per heavy atom. The standard InChI is InChI=1S/C22H25N3O3/c1-2-3-6-16-9-11-17(12-10-16)23-20(26)13-14-22(28)25-15-21(27)24-18-7-4-5-8-19(18)25/h4-5,7-12H,2-3,6,13-15H2,1H3,(H,23,26)(H,24,27). The zero-order valence-electron chi connectivity index (χ0n) is 16.0. The molecule has 0 saturated carbocycles. The molecular formula is C22H25N3O3. The summed E-state index contributed by atoms with van der Waals surface area (Å²) in [5.74, 6) is -0.698. The Morgan fingerprint density at radius 2 is 1.82 bits per heavy atom. The third-order valence-corrected chi connectivity index (χ3v) is 4.69. The van der Waals surface area contributed by atoms with Gasteiger partial charge in [0.15, 0.2) is 0 Å². The topological polar surface area (TPSA) is 78.5 Å². The number of unbranched alkanes of at least 4 members (excludes halogenated alkanes) is 1. The molecule has 28 heavy (non-hydrogen) atoms. The van der Waals surface area contributed by atoms with Gasteiger partial charge < -0.3 is 15.5 Å². The highest BCUT2D eigenvalue weighted by Crippen LogP contribution is 2.29. The second-order valence-corrected chi connectivity index (χ2v) is 6.89. The van der Waals surface area contributed by atoms with Gasteiger partial charge in [-0.05, 0) is 42.7 Å². The number of nitrogens with one attached hydrogen (secondary N) is 2. The summed E-state index contributed by atoms with van der Waals surface area (Å²) < 4.78 is 0. The molecule has 6 nitrogen and oxygen atoms in total. The number of hydrogen-bond donors (Lipinski definition) is 2. The van der Waals surface area contributed by atoms with Gasteiger partial charge in [0.2, 0.25) is 17.7 Å². The molecule has 0 spiro atoms. The Kier molecular flexibility index (Phi) is 6.42. The number of anilines is 3. The van der Waals surface area contributed by atoms with Crippen molar-refractivity contribution in [3.63, 3.8) is 0 Å². The Morgan fingerprint density at radius 3 is 2.57 bits per heavy atom. The SMILES string of the molecule is CCCCc1ccc(NC(=O)CCC(=O)N2CC(=O)Nc3ccccc32)cc1. The quantitative estimate of drug-likeness (QED) is 0.769. The van der Waals surface area contributed by atoms with Crippen molar-refractivity contribution >= 4 is 34.8 Å². The fraction of sp³-hybridized carbons (Fsp3) is 0.318. The molecular weight excluding hydrogens is 354 g/mol. The largest absolute Gasteiger partial charge is 0.326 e. The van der Waals surface area contributed by atoms with Crippen LogP contribution in [0.1, 0.15) is 38.2 Å². The average molecular weight is 379 g/mol. The highest BCUT2D eigenvalue weighted by atomic mass is 16.2. The van der Waals surface area contributed by atoms with Crippen molar-refractivity contribution in [2.24, 2.45) is 0 Å². The molecule has 3 rings (SSSR count). The maximum Gasteiger partial charge on any atom is 0.244 e. The number of carbonyl (C=O) groups is 3. The third kappa shape index (κ3) is 4.97. The van der Waals surface area contributed by atoms with Gasteiger partial charge in [-0.1, -0.05) is 37.6 Å². The molecule has 3 amide bonds. The summed E-state index contributed by atoms with van der Waals surface area (Å²) in [6.45, 7) is 2.13. The van der Waals surface area contributed by atoms with Gasteiger partial charge in [0, 0.05) is 18.5 Å². The molecule has 1 aliphatic rings. The lowest BCUT2D eigenvalue weighted by Crippen LogP contribution is -2.42. The molecule has 0 aromatic heterocycles. The van der Waals surface area contributed by atoms with E-state index in [1.807, 2.05) is 30.3 Å². The van der Waals surface area contributed by atoms with E-state index in [0.29, 0.717) is 11.4 Å². The van der Waals surface area contributed by atoms with E-state index in [0.717, 1.165) is 24.9 Å². The smallest absolute Gasteiger partial charge is 0.244 e. The molecule has 0 aliphatic carbocycles. The molecule has 1 heterocycles. The number of carbonyl (C=O) groups excluding carboxylic acids is 3. The number of fused-ring (bicyclic) bond motifs is 1. The van der Waals surface area contributed by atoms with Crippen molar-refractivity contribution in [1.29, 1.82) is 0 Å².